The number of rotatable bonds is 8. The van der Waals surface area contributed by atoms with Gasteiger partial charge in [-0.1, -0.05) is 24.3 Å². The second-order valence-corrected chi connectivity index (χ2v) is 9.23. The lowest BCUT2D eigenvalue weighted by atomic mass is 9.73. The van der Waals surface area contributed by atoms with Crippen LogP contribution >= 0.6 is 0 Å². The summed E-state index contributed by atoms with van der Waals surface area (Å²) in [4.78, 5) is 12.4. The van der Waals surface area contributed by atoms with E-state index in [-0.39, 0.29) is 31.5 Å². The molecule has 7 N–H and O–H groups in total. The van der Waals surface area contributed by atoms with Gasteiger partial charge in [-0.05, 0) is 51.7 Å². The standard InChI is InChI=1S/C22H36N2O6/c1-13-11-22(28,12-14(2)30-13)17(20(26)24-29)10-19(25)18(23)9-15-6-5-7-16(8-15)21(3,4)27/h5-8,13-14,17-19,25,27-29H,9-12,23H2,1-4H3,(H,24,26). The zero-order valence-corrected chi connectivity index (χ0v) is 18.2. The van der Waals surface area contributed by atoms with E-state index in [1.54, 1.807) is 19.3 Å². The van der Waals surface area contributed by atoms with Gasteiger partial charge in [0, 0.05) is 18.9 Å². The SMILES string of the molecule is CC1CC(O)(C(CC(O)C(N)Cc2cccc(C(C)(C)O)c2)C(=O)NO)CC(C)O1. The zero-order chi connectivity index (χ0) is 22.7. The van der Waals surface area contributed by atoms with Crippen molar-refractivity contribution in [1.82, 2.24) is 5.48 Å². The van der Waals surface area contributed by atoms with E-state index in [0.717, 1.165) is 11.1 Å². The van der Waals surface area contributed by atoms with Crippen LogP contribution in [-0.4, -0.2) is 56.4 Å². The van der Waals surface area contributed by atoms with E-state index in [1.165, 1.54) is 0 Å². The van der Waals surface area contributed by atoms with Crippen LogP contribution in [0.1, 0.15) is 58.1 Å². The van der Waals surface area contributed by atoms with Gasteiger partial charge in [0.2, 0.25) is 5.91 Å². The molecule has 170 valence electrons. The predicted molar refractivity (Wildman–Crippen MR) is 112 cm³/mol. The Morgan fingerprint density at radius 2 is 1.93 bits per heavy atom. The monoisotopic (exact) mass is 424 g/mol. The molecule has 30 heavy (non-hydrogen) atoms. The van der Waals surface area contributed by atoms with Gasteiger partial charge >= 0.3 is 0 Å². The summed E-state index contributed by atoms with van der Waals surface area (Å²) in [5, 5.41) is 41.3. The average Bonchev–Trinajstić information content (AvgIpc) is 2.63. The van der Waals surface area contributed by atoms with Crippen LogP contribution in [0.15, 0.2) is 24.3 Å². The molecule has 2 rings (SSSR count). The number of aliphatic hydroxyl groups is 3. The smallest absolute Gasteiger partial charge is 0.249 e. The Hall–Kier alpha value is -1.55. The number of hydrogen-bond donors (Lipinski definition) is 6. The van der Waals surface area contributed by atoms with Crippen LogP contribution in [0.25, 0.3) is 0 Å². The van der Waals surface area contributed by atoms with Crippen molar-refractivity contribution >= 4 is 5.91 Å². The predicted octanol–water partition coefficient (Wildman–Crippen LogP) is 0.975. The van der Waals surface area contributed by atoms with Gasteiger partial charge in [-0.25, -0.2) is 5.48 Å². The number of nitrogens with two attached hydrogens (primary N) is 1. The average molecular weight is 425 g/mol. The quantitative estimate of drug-likeness (QED) is 0.269. The van der Waals surface area contributed by atoms with Crippen LogP contribution in [0.2, 0.25) is 0 Å². The van der Waals surface area contributed by atoms with E-state index >= 15 is 0 Å². The summed E-state index contributed by atoms with van der Waals surface area (Å²) in [6.45, 7) is 7.00. The maximum Gasteiger partial charge on any atom is 0.249 e. The van der Waals surface area contributed by atoms with Crippen molar-refractivity contribution in [2.24, 2.45) is 11.7 Å². The molecule has 0 bridgehead atoms. The molecule has 1 heterocycles. The Bertz CT molecular complexity index is 710. The number of nitrogens with one attached hydrogen (secondary N) is 1. The van der Waals surface area contributed by atoms with Gasteiger partial charge in [0.05, 0.1) is 35.4 Å². The summed E-state index contributed by atoms with van der Waals surface area (Å²) in [5.41, 5.74) is 6.98. The first-order valence-electron chi connectivity index (χ1n) is 10.4. The highest BCUT2D eigenvalue weighted by molar-refractivity contribution is 5.78. The third-order valence-corrected chi connectivity index (χ3v) is 5.90. The lowest BCUT2D eigenvalue weighted by molar-refractivity contribution is -0.175. The van der Waals surface area contributed by atoms with Crippen LogP contribution in [0, 0.1) is 5.92 Å². The molecule has 5 unspecified atom stereocenters. The Balaban J connectivity index is 2.13. The van der Waals surface area contributed by atoms with Crippen molar-refractivity contribution < 1.29 is 30.1 Å². The number of benzene rings is 1. The number of carbonyl (C=O) groups excluding carboxylic acids is 1. The maximum absolute atomic E-state index is 12.4. The minimum atomic E-state index is -1.43. The van der Waals surface area contributed by atoms with E-state index < -0.39 is 35.2 Å². The molecule has 1 aromatic carbocycles. The number of hydrogen-bond acceptors (Lipinski definition) is 7. The van der Waals surface area contributed by atoms with Crippen molar-refractivity contribution in [1.29, 1.82) is 0 Å². The van der Waals surface area contributed by atoms with Crippen molar-refractivity contribution in [3.63, 3.8) is 0 Å². The van der Waals surface area contributed by atoms with E-state index in [0.29, 0.717) is 6.42 Å². The Kier molecular flexibility index (Phi) is 8.01. The minimum Gasteiger partial charge on any atom is -0.391 e. The van der Waals surface area contributed by atoms with Gasteiger partial charge in [-0.2, -0.15) is 0 Å². The summed E-state index contributed by atoms with van der Waals surface area (Å²) in [6, 6.07) is 6.62. The van der Waals surface area contributed by atoms with Crippen molar-refractivity contribution in [2.45, 2.75) is 88.9 Å². The molecule has 0 spiro atoms. The molecule has 8 nitrogen and oxygen atoms in total. The number of aliphatic hydroxyl groups excluding tert-OH is 1. The topological polar surface area (TPSA) is 145 Å². The largest absolute Gasteiger partial charge is 0.391 e. The number of hydroxylamine groups is 1. The highest BCUT2D eigenvalue weighted by Crippen LogP contribution is 2.37. The van der Waals surface area contributed by atoms with Crippen LogP contribution in [0.5, 0.6) is 0 Å². The first-order chi connectivity index (χ1) is 13.9. The van der Waals surface area contributed by atoms with E-state index in [9.17, 15) is 25.3 Å². The molecule has 1 saturated heterocycles. The second kappa shape index (κ2) is 9.72. The molecule has 1 aromatic rings. The second-order valence-electron chi connectivity index (χ2n) is 9.23. The molecule has 1 aliphatic heterocycles. The molecule has 0 aromatic heterocycles. The molecule has 0 aliphatic carbocycles. The highest BCUT2D eigenvalue weighted by Gasteiger charge is 2.47. The van der Waals surface area contributed by atoms with Crippen LogP contribution < -0.4 is 11.2 Å². The minimum absolute atomic E-state index is 0.102. The van der Waals surface area contributed by atoms with Crippen molar-refractivity contribution in [3.05, 3.63) is 35.4 Å². The van der Waals surface area contributed by atoms with Gasteiger partial charge in [-0.3, -0.25) is 10.0 Å². The molecule has 0 radical (unpaired) electrons. The summed E-state index contributed by atoms with van der Waals surface area (Å²) >= 11 is 0. The fourth-order valence-electron chi connectivity index (χ4n) is 4.41. The highest BCUT2D eigenvalue weighted by atomic mass is 16.5. The maximum atomic E-state index is 12.4. The molecule has 8 heteroatoms. The van der Waals surface area contributed by atoms with Crippen LogP contribution in [0.3, 0.4) is 0 Å². The number of ether oxygens (including phenoxy) is 1. The fraction of sp³-hybridized carbons (Fsp3) is 0.682. The van der Waals surface area contributed by atoms with Crippen LogP contribution in [-0.2, 0) is 21.6 Å². The Labute approximate surface area is 178 Å². The van der Waals surface area contributed by atoms with Gasteiger partial charge in [0.25, 0.3) is 0 Å². The summed E-state index contributed by atoms with van der Waals surface area (Å²) in [5.74, 6) is -1.80. The molecule has 1 aliphatic rings. The fourth-order valence-corrected chi connectivity index (χ4v) is 4.41. The van der Waals surface area contributed by atoms with Gasteiger partial charge < -0.3 is 25.8 Å². The zero-order valence-electron chi connectivity index (χ0n) is 18.2. The molecule has 0 saturated carbocycles. The molecular weight excluding hydrogens is 388 g/mol. The summed E-state index contributed by atoms with van der Waals surface area (Å²) in [7, 11) is 0. The summed E-state index contributed by atoms with van der Waals surface area (Å²) in [6.07, 6.45) is -0.959. The molecule has 1 fully saturated rings. The van der Waals surface area contributed by atoms with E-state index in [4.69, 9.17) is 10.5 Å². The van der Waals surface area contributed by atoms with Crippen LogP contribution in [0.4, 0.5) is 0 Å². The van der Waals surface area contributed by atoms with Gasteiger partial charge in [0.15, 0.2) is 0 Å². The third-order valence-electron chi connectivity index (χ3n) is 5.90. The first kappa shape index (κ1) is 24.7. The first-order valence-corrected chi connectivity index (χ1v) is 10.4. The molecular formula is C22H36N2O6. The Morgan fingerprint density at radius 1 is 1.33 bits per heavy atom. The normalized spacial score (nSPS) is 27.9. The van der Waals surface area contributed by atoms with Crippen molar-refractivity contribution in [3.8, 4) is 0 Å². The van der Waals surface area contributed by atoms with E-state index in [2.05, 4.69) is 0 Å². The summed E-state index contributed by atoms with van der Waals surface area (Å²) < 4.78 is 5.65. The molecule has 5 atom stereocenters. The van der Waals surface area contributed by atoms with Crippen molar-refractivity contribution in [2.75, 3.05) is 0 Å². The van der Waals surface area contributed by atoms with E-state index in [1.807, 2.05) is 38.1 Å². The molecule has 1 amide bonds. The number of carbonyl (C=O) groups is 1. The third kappa shape index (κ3) is 6.23. The lowest BCUT2D eigenvalue weighted by Crippen LogP contribution is -2.55. The van der Waals surface area contributed by atoms with Gasteiger partial charge in [-0.15, -0.1) is 0 Å². The van der Waals surface area contributed by atoms with Gasteiger partial charge in [0.1, 0.15) is 0 Å². The lowest BCUT2D eigenvalue weighted by Gasteiger charge is -2.43. The number of amides is 1. The Morgan fingerprint density at radius 3 is 2.47 bits per heavy atom.